The molecule has 0 aromatic rings. The van der Waals surface area contributed by atoms with Gasteiger partial charge >= 0.3 is 5.97 Å². The van der Waals surface area contributed by atoms with Gasteiger partial charge in [-0.25, -0.2) is 4.79 Å². The van der Waals surface area contributed by atoms with Gasteiger partial charge in [-0.15, -0.1) is 0 Å². The van der Waals surface area contributed by atoms with Crippen LogP contribution in [0.4, 0.5) is 0 Å². The first-order valence-corrected chi connectivity index (χ1v) is 6.50. The Morgan fingerprint density at radius 3 is 2.00 bits per heavy atom. The highest BCUT2D eigenvalue weighted by Gasteiger charge is 2.22. The molecule has 0 aliphatic rings. The van der Waals surface area contributed by atoms with Crippen molar-refractivity contribution in [1.82, 2.24) is 4.90 Å². The van der Waals surface area contributed by atoms with Crippen molar-refractivity contribution < 1.29 is 9.90 Å². The smallest absolute Gasteiger partial charge is 0.331 e. The van der Waals surface area contributed by atoms with E-state index in [0.29, 0.717) is 17.7 Å². The lowest BCUT2D eigenvalue weighted by Gasteiger charge is -2.37. The molecule has 0 saturated heterocycles. The summed E-state index contributed by atoms with van der Waals surface area (Å²) in [6.45, 7) is 12.4. The topological polar surface area (TPSA) is 40.5 Å². The minimum Gasteiger partial charge on any atom is -0.478 e. The van der Waals surface area contributed by atoms with E-state index in [1.54, 1.807) is 6.92 Å². The Labute approximate surface area is 106 Å². The zero-order valence-corrected chi connectivity index (χ0v) is 12.0. The minimum absolute atomic E-state index is 0.219. The van der Waals surface area contributed by atoms with Crippen LogP contribution >= 0.6 is 0 Å². The van der Waals surface area contributed by atoms with Crippen molar-refractivity contribution in [3.63, 3.8) is 0 Å². The summed E-state index contributed by atoms with van der Waals surface area (Å²) in [5.41, 5.74) is 0.440. The van der Waals surface area contributed by atoms with E-state index in [9.17, 15) is 4.79 Å². The average Bonchev–Trinajstić information content (AvgIpc) is 2.16. The molecule has 0 radical (unpaired) electrons. The molecule has 3 nitrogen and oxygen atoms in total. The van der Waals surface area contributed by atoms with Crippen LogP contribution in [0.15, 0.2) is 11.6 Å². The lowest BCUT2D eigenvalue weighted by Crippen LogP contribution is -2.44. The van der Waals surface area contributed by atoms with Gasteiger partial charge in [-0.3, -0.25) is 4.90 Å². The van der Waals surface area contributed by atoms with Crippen LogP contribution in [-0.2, 0) is 4.79 Å². The molecule has 0 amide bonds. The largest absolute Gasteiger partial charge is 0.478 e. The quantitative estimate of drug-likeness (QED) is 0.695. The summed E-state index contributed by atoms with van der Waals surface area (Å²) in [4.78, 5) is 13.3. The maximum atomic E-state index is 10.9. The van der Waals surface area contributed by atoms with Gasteiger partial charge in [0, 0.05) is 23.7 Å². The Hall–Kier alpha value is -0.830. The number of hydrogen-bond donors (Lipinski definition) is 1. The Morgan fingerprint density at radius 1 is 1.24 bits per heavy atom. The standard InChI is InChI=1S/C14H27NO2/c1-7-8-13(9-12(6)14(16)17)15(10(2)3)11(4)5/h9-11,13H,7-8H2,1-6H3,(H,16,17). The van der Waals surface area contributed by atoms with Crippen LogP contribution in [0.5, 0.6) is 0 Å². The van der Waals surface area contributed by atoms with Crippen LogP contribution in [0, 0.1) is 0 Å². The van der Waals surface area contributed by atoms with Crippen molar-refractivity contribution in [1.29, 1.82) is 0 Å². The highest BCUT2D eigenvalue weighted by atomic mass is 16.4. The van der Waals surface area contributed by atoms with Crippen molar-refractivity contribution in [2.75, 3.05) is 0 Å². The Balaban J connectivity index is 5.05. The number of nitrogens with zero attached hydrogens (tertiary/aromatic N) is 1. The second-order valence-electron chi connectivity index (χ2n) is 5.15. The first-order chi connectivity index (χ1) is 7.81. The van der Waals surface area contributed by atoms with E-state index in [2.05, 4.69) is 39.5 Å². The number of aliphatic carboxylic acids is 1. The summed E-state index contributed by atoms with van der Waals surface area (Å²) in [5.74, 6) is -0.821. The van der Waals surface area contributed by atoms with Gasteiger partial charge < -0.3 is 5.11 Å². The van der Waals surface area contributed by atoms with Gasteiger partial charge in [-0.05, 0) is 41.0 Å². The fourth-order valence-electron chi connectivity index (χ4n) is 2.34. The van der Waals surface area contributed by atoms with Gasteiger partial charge in [0.05, 0.1) is 0 Å². The second kappa shape index (κ2) is 7.49. The molecule has 1 atom stereocenters. The van der Waals surface area contributed by atoms with Crippen molar-refractivity contribution in [2.45, 2.75) is 72.5 Å². The highest BCUT2D eigenvalue weighted by molar-refractivity contribution is 5.85. The third-order valence-corrected chi connectivity index (χ3v) is 2.94. The average molecular weight is 241 g/mol. The Bertz CT molecular complexity index is 261. The van der Waals surface area contributed by atoms with Gasteiger partial charge in [0.2, 0.25) is 0 Å². The molecule has 0 spiro atoms. The van der Waals surface area contributed by atoms with Gasteiger partial charge in [0.25, 0.3) is 0 Å². The summed E-state index contributed by atoms with van der Waals surface area (Å²) < 4.78 is 0. The SMILES string of the molecule is CCCC(C=C(C)C(=O)O)N(C(C)C)C(C)C. The number of carbonyl (C=O) groups is 1. The van der Waals surface area contributed by atoms with Gasteiger partial charge in [-0.2, -0.15) is 0 Å². The molecule has 0 saturated carbocycles. The first kappa shape index (κ1) is 16.2. The van der Waals surface area contributed by atoms with E-state index in [1.807, 2.05) is 6.08 Å². The predicted octanol–water partition coefficient (Wildman–Crippen LogP) is 3.30. The summed E-state index contributed by atoms with van der Waals surface area (Å²) in [5, 5.41) is 8.97. The monoisotopic (exact) mass is 241 g/mol. The van der Waals surface area contributed by atoms with Crippen molar-refractivity contribution in [3.05, 3.63) is 11.6 Å². The summed E-state index contributed by atoms with van der Waals surface area (Å²) in [7, 11) is 0. The predicted molar refractivity (Wildman–Crippen MR) is 72.2 cm³/mol. The van der Waals surface area contributed by atoms with E-state index in [1.165, 1.54) is 0 Å². The van der Waals surface area contributed by atoms with Crippen LogP contribution in [0.25, 0.3) is 0 Å². The molecule has 0 rings (SSSR count). The zero-order valence-electron chi connectivity index (χ0n) is 12.0. The maximum absolute atomic E-state index is 10.9. The van der Waals surface area contributed by atoms with Crippen molar-refractivity contribution in [2.24, 2.45) is 0 Å². The molecule has 0 aliphatic heterocycles. The molecule has 3 heteroatoms. The number of rotatable bonds is 7. The van der Waals surface area contributed by atoms with E-state index in [-0.39, 0.29) is 6.04 Å². The number of hydrogen-bond acceptors (Lipinski definition) is 2. The first-order valence-electron chi connectivity index (χ1n) is 6.50. The Kier molecular flexibility index (Phi) is 7.12. The zero-order chi connectivity index (χ0) is 13.6. The molecular formula is C14H27NO2. The van der Waals surface area contributed by atoms with E-state index < -0.39 is 5.97 Å². The van der Waals surface area contributed by atoms with Gasteiger partial charge in [0.1, 0.15) is 0 Å². The van der Waals surface area contributed by atoms with E-state index in [4.69, 9.17) is 5.11 Å². The number of carboxylic acid groups (broad SMARTS) is 1. The maximum Gasteiger partial charge on any atom is 0.331 e. The molecule has 0 aromatic heterocycles. The normalized spacial score (nSPS) is 14.8. The third kappa shape index (κ3) is 5.35. The van der Waals surface area contributed by atoms with Gasteiger partial charge in [0.15, 0.2) is 0 Å². The highest BCUT2D eigenvalue weighted by Crippen LogP contribution is 2.17. The van der Waals surface area contributed by atoms with Crippen LogP contribution in [0.1, 0.15) is 54.4 Å². The molecular weight excluding hydrogens is 214 g/mol. The van der Waals surface area contributed by atoms with Crippen LogP contribution in [-0.4, -0.2) is 34.1 Å². The lowest BCUT2D eigenvalue weighted by atomic mass is 10.0. The second-order valence-corrected chi connectivity index (χ2v) is 5.15. The summed E-state index contributed by atoms with van der Waals surface area (Å²) >= 11 is 0. The van der Waals surface area contributed by atoms with Crippen LogP contribution in [0.3, 0.4) is 0 Å². The van der Waals surface area contributed by atoms with Crippen molar-refractivity contribution in [3.8, 4) is 0 Å². The Morgan fingerprint density at radius 2 is 1.71 bits per heavy atom. The van der Waals surface area contributed by atoms with E-state index in [0.717, 1.165) is 12.8 Å². The molecule has 100 valence electrons. The molecule has 0 heterocycles. The minimum atomic E-state index is -0.821. The fourth-order valence-corrected chi connectivity index (χ4v) is 2.34. The molecule has 1 unspecified atom stereocenters. The van der Waals surface area contributed by atoms with Crippen LogP contribution in [0.2, 0.25) is 0 Å². The molecule has 1 N–H and O–H groups in total. The molecule has 0 bridgehead atoms. The van der Waals surface area contributed by atoms with Gasteiger partial charge in [-0.1, -0.05) is 19.4 Å². The summed E-state index contributed by atoms with van der Waals surface area (Å²) in [6, 6.07) is 1.06. The molecule has 0 aliphatic carbocycles. The van der Waals surface area contributed by atoms with Crippen molar-refractivity contribution >= 4 is 5.97 Å². The van der Waals surface area contributed by atoms with Crippen LogP contribution < -0.4 is 0 Å². The lowest BCUT2D eigenvalue weighted by molar-refractivity contribution is -0.132. The fraction of sp³-hybridized carbons (Fsp3) is 0.786. The summed E-state index contributed by atoms with van der Waals surface area (Å²) in [6.07, 6.45) is 3.96. The number of carboxylic acids is 1. The third-order valence-electron chi connectivity index (χ3n) is 2.94. The molecule has 0 fully saturated rings. The van der Waals surface area contributed by atoms with E-state index >= 15 is 0 Å². The molecule has 17 heavy (non-hydrogen) atoms. The molecule has 0 aromatic carbocycles.